The summed E-state index contributed by atoms with van der Waals surface area (Å²) in [5.74, 6) is 0.493. The van der Waals surface area contributed by atoms with E-state index in [1.54, 1.807) is 12.1 Å². The lowest BCUT2D eigenvalue weighted by molar-refractivity contribution is 0.208. The van der Waals surface area contributed by atoms with Crippen LogP contribution in [0.25, 0.3) is 0 Å². The summed E-state index contributed by atoms with van der Waals surface area (Å²) in [5, 5.41) is 0. The van der Waals surface area contributed by atoms with E-state index in [2.05, 4.69) is 25.0 Å². The van der Waals surface area contributed by atoms with Gasteiger partial charge in [0.25, 0.3) is 0 Å². The average Bonchev–Trinajstić information content (AvgIpc) is 2.47. The van der Waals surface area contributed by atoms with Crippen LogP contribution < -0.4 is 4.72 Å². The molecule has 1 aliphatic carbocycles. The van der Waals surface area contributed by atoms with Crippen molar-refractivity contribution in [2.75, 3.05) is 6.54 Å². The predicted molar refractivity (Wildman–Crippen MR) is 86.4 cm³/mol. The minimum atomic E-state index is -3.41. The molecule has 1 N–H and O–H groups in total. The summed E-state index contributed by atoms with van der Waals surface area (Å²) >= 11 is 0. The van der Waals surface area contributed by atoms with Gasteiger partial charge < -0.3 is 0 Å². The maximum atomic E-state index is 12.4. The molecule has 0 aromatic heterocycles. The second kappa shape index (κ2) is 6.41. The van der Waals surface area contributed by atoms with Crippen LogP contribution in [-0.2, 0) is 10.0 Å². The van der Waals surface area contributed by atoms with Gasteiger partial charge in [0.05, 0.1) is 17.7 Å². The predicted octanol–water partition coefficient (Wildman–Crippen LogP) is 3.69. The van der Waals surface area contributed by atoms with Gasteiger partial charge in [-0.15, -0.1) is 0 Å². The Morgan fingerprint density at radius 2 is 1.90 bits per heavy atom. The molecule has 0 bridgehead atoms. The molecule has 1 saturated carbocycles. The average molecular weight is 308 g/mol. The van der Waals surface area contributed by atoms with Crippen LogP contribution in [0.15, 0.2) is 29.2 Å². The van der Waals surface area contributed by atoms with Gasteiger partial charge in [0.1, 0.15) is 5.92 Å². The summed E-state index contributed by atoms with van der Waals surface area (Å²) in [6.07, 6.45) is 7.19. The quantitative estimate of drug-likeness (QED) is 0.843. The molecule has 0 amide bonds. The third-order valence-corrected chi connectivity index (χ3v) is 5.89. The molecule has 3 nitrogen and oxygen atoms in total. The SMILES string of the molecule is Cc1ccc(S(=O)(=O)NCC(C)(C)C2[CH+]CCCC2)cc1. The molecule has 0 spiro atoms. The summed E-state index contributed by atoms with van der Waals surface area (Å²) in [6.45, 7) is 6.73. The zero-order chi connectivity index (χ0) is 15.5. The molecule has 1 unspecified atom stereocenters. The molecule has 0 saturated heterocycles. The van der Waals surface area contributed by atoms with Crippen molar-refractivity contribution in [2.45, 2.75) is 51.3 Å². The second-order valence-electron chi connectivity index (χ2n) is 6.75. The molecular formula is C17H26NO2S+. The number of sulfonamides is 1. The maximum absolute atomic E-state index is 12.4. The topological polar surface area (TPSA) is 46.2 Å². The Morgan fingerprint density at radius 1 is 1.24 bits per heavy atom. The van der Waals surface area contributed by atoms with E-state index in [-0.39, 0.29) is 5.41 Å². The molecule has 1 aromatic rings. The fourth-order valence-corrected chi connectivity index (χ4v) is 4.09. The van der Waals surface area contributed by atoms with Gasteiger partial charge in [-0.05, 0) is 38.3 Å². The summed E-state index contributed by atoms with van der Waals surface area (Å²) < 4.78 is 27.5. The molecule has 0 aliphatic heterocycles. The lowest BCUT2D eigenvalue weighted by Crippen LogP contribution is -2.39. The number of aryl methyl sites for hydroxylation is 1. The van der Waals surface area contributed by atoms with Crippen LogP contribution in [-0.4, -0.2) is 15.0 Å². The molecule has 1 atom stereocenters. The summed E-state index contributed by atoms with van der Waals surface area (Å²) in [5.41, 5.74) is 1.02. The van der Waals surface area contributed by atoms with Crippen LogP contribution in [0.4, 0.5) is 0 Å². The van der Waals surface area contributed by atoms with E-state index in [4.69, 9.17) is 0 Å². The van der Waals surface area contributed by atoms with Gasteiger partial charge in [-0.2, -0.15) is 0 Å². The van der Waals surface area contributed by atoms with Crippen LogP contribution in [0.2, 0.25) is 0 Å². The zero-order valence-corrected chi connectivity index (χ0v) is 14.0. The highest BCUT2D eigenvalue weighted by atomic mass is 32.2. The molecule has 4 heteroatoms. The van der Waals surface area contributed by atoms with Crippen molar-refractivity contribution < 1.29 is 8.42 Å². The van der Waals surface area contributed by atoms with Crippen molar-refractivity contribution in [2.24, 2.45) is 11.3 Å². The van der Waals surface area contributed by atoms with Crippen LogP contribution >= 0.6 is 0 Å². The molecule has 0 radical (unpaired) electrons. The molecule has 0 heterocycles. The minimum Gasteiger partial charge on any atom is -0.210 e. The van der Waals surface area contributed by atoms with Crippen LogP contribution in [0.3, 0.4) is 0 Å². The highest BCUT2D eigenvalue weighted by Crippen LogP contribution is 2.37. The van der Waals surface area contributed by atoms with E-state index in [0.717, 1.165) is 12.0 Å². The van der Waals surface area contributed by atoms with Crippen molar-refractivity contribution in [1.82, 2.24) is 4.72 Å². The van der Waals surface area contributed by atoms with E-state index < -0.39 is 10.0 Å². The van der Waals surface area contributed by atoms with Crippen molar-refractivity contribution in [1.29, 1.82) is 0 Å². The lowest BCUT2D eigenvalue weighted by Gasteiger charge is -2.31. The first kappa shape index (κ1) is 16.4. The fourth-order valence-electron chi connectivity index (χ4n) is 2.87. The first-order valence-electron chi connectivity index (χ1n) is 7.71. The van der Waals surface area contributed by atoms with Gasteiger partial charge in [0.2, 0.25) is 10.0 Å². The molecule has 1 aliphatic rings. The normalized spacial score (nSPS) is 20.0. The monoisotopic (exact) mass is 308 g/mol. The Morgan fingerprint density at radius 3 is 2.48 bits per heavy atom. The van der Waals surface area contributed by atoms with Gasteiger partial charge in [-0.1, -0.05) is 31.5 Å². The largest absolute Gasteiger partial charge is 0.240 e. The van der Waals surface area contributed by atoms with Crippen LogP contribution in [0.1, 0.15) is 45.1 Å². The zero-order valence-electron chi connectivity index (χ0n) is 13.2. The number of hydrogen-bond acceptors (Lipinski definition) is 2. The van der Waals surface area contributed by atoms with Crippen LogP contribution in [0.5, 0.6) is 0 Å². The Bertz CT molecular complexity index is 555. The highest BCUT2D eigenvalue weighted by Gasteiger charge is 2.37. The molecule has 1 aromatic carbocycles. The fraction of sp³-hybridized carbons (Fsp3) is 0.588. The smallest absolute Gasteiger partial charge is 0.210 e. The van der Waals surface area contributed by atoms with Crippen molar-refractivity contribution in [3.8, 4) is 0 Å². The lowest BCUT2D eigenvalue weighted by atomic mass is 9.71. The second-order valence-corrected chi connectivity index (χ2v) is 8.52. The maximum Gasteiger partial charge on any atom is 0.240 e. The van der Waals surface area contributed by atoms with Gasteiger partial charge in [-0.25, -0.2) is 13.1 Å². The first-order chi connectivity index (χ1) is 9.81. The van der Waals surface area contributed by atoms with Crippen molar-refractivity contribution in [3.05, 3.63) is 36.2 Å². The third kappa shape index (κ3) is 4.24. The number of benzene rings is 1. The van der Waals surface area contributed by atoms with Crippen molar-refractivity contribution >= 4 is 10.0 Å². The van der Waals surface area contributed by atoms with Gasteiger partial charge >= 0.3 is 0 Å². The minimum absolute atomic E-state index is 0.0435. The number of hydrogen-bond donors (Lipinski definition) is 1. The Balaban J connectivity index is 2.01. The molecule has 116 valence electrons. The third-order valence-electron chi connectivity index (χ3n) is 4.47. The van der Waals surface area contributed by atoms with E-state index in [0.29, 0.717) is 17.4 Å². The van der Waals surface area contributed by atoms with E-state index in [9.17, 15) is 8.42 Å². The first-order valence-corrected chi connectivity index (χ1v) is 9.19. The van der Waals surface area contributed by atoms with E-state index >= 15 is 0 Å². The molecule has 2 rings (SSSR count). The summed E-state index contributed by atoms with van der Waals surface area (Å²) in [4.78, 5) is 0.344. The van der Waals surface area contributed by atoms with Gasteiger partial charge in [0, 0.05) is 12.0 Å². The molecule has 21 heavy (non-hydrogen) atoms. The summed E-state index contributed by atoms with van der Waals surface area (Å²) in [7, 11) is -3.41. The highest BCUT2D eigenvalue weighted by molar-refractivity contribution is 7.89. The molecule has 1 fully saturated rings. The van der Waals surface area contributed by atoms with E-state index in [1.165, 1.54) is 19.3 Å². The van der Waals surface area contributed by atoms with Gasteiger partial charge in [-0.3, -0.25) is 0 Å². The van der Waals surface area contributed by atoms with Crippen molar-refractivity contribution in [3.63, 3.8) is 0 Å². The Labute approximate surface area is 129 Å². The Kier molecular flexibility index (Phi) is 4.99. The molecular weight excluding hydrogens is 282 g/mol. The summed E-state index contributed by atoms with van der Waals surface area (Å²) in [6, 6.07) is 6.98. The van der Waals surface area contributed by atoms with E-state index in [1.807, 2.05) is 19.1 Å². The number of nitrogens with one attached hydrogen (secondary N) is 1. The van der Waals surface area contributed by atoms with Crippen LogP contribution in [0, 0.1) is 24.7 Å². The standard InChI is InChI=1S/C17H26NO2S/c1-14-9-11-16(12-10-14)21(19,20)18-13-17(2,3)15-7-5-4-6-8-15/h7,9-12,15,18H,4-6,8,13H2,1-3H3/q+1. The number of rotatable bonds is 5. The Hall–Kier alpha value is -1.00. The van der Waals surface area contributed by atoms with Gasteiger partial charge in [0.15, 0.2) is 0 Å².